The third-order valence-corrected chi connectivity index (χ3v) is 2.36. The zero-order valence-corrected chi connectivity index (χ0v) is 9.00. The zero-order valence-electron chi connectivity index (χ0n) is 9.00. The highest BCUT2D eigenvalue weighted by Crippen LogP contribution is 2.19. The van der Waals surface area contributed by atoms with Gasteiger partial charge in [0.1, 0.15) is 5.78 Å². The molecule has 14 heavy (non-hydrogen) atoms. The molecular formula is C13H16O. The average molecular weight is 188 g/mol. The van der Waals surface area contributed by atoms with Crippen LogP contribution in [0, 0.1) is 0 Å². The van der Waals surface area contributed by atoms with E-state index in [1.165, 1.54) is 11.1 Å². The molecule has 0 aromatic heterocycles. The van der Waals surface area contributed by atoms with Gasteiger partial charge in [0.25, 0.3) is 0 Å². The van der Waals surface area contributed by atoms with Crippen molar-refractivity contribution < 1.29 is 4.79 Å². The van der Waals surface area contributed by atoms with Crippen LogP contribution in [0.3, 0.4) is 0 Å². The molecule has 74 valence electrons. The highest BCUT2D eigenvalue weighted by Gasteiger charge is 2.02. The van der Waals surface area contributed by atoms with Crippen LogP contribution in [0.2, 0.25) is 0 Å². The van der Waals surface area contributed by atoms with E-state index in [4.69, 9.17) is 0 Å². The van der Waals surface area contributed by atoms with Gasteiger partial charge in [0.05, 0.1) is 0 Å². The summed E-state index contributed by atoms with van der Waals surface area (Å²) in [6.07, 6.45) is 0.556. The molecule has 0 N–H and O–H groups in total. The predicted octanol–water partition coefficient (Wildman–Crippen LogP) is 3.46. The second-order valence-electron chi connectivity index (χ2n) is 3.65. The van der Waals surface area contributed by atoms with Crippen LogP contribution in [0.5, 0.6) is 0 Å². The van der Waals surface area contributed by atoms with Crippen LogP contribution in [0.15, 0.2) is 35.9 Å². The lowest BCUT2D eigenvalue weighted by Gasteiger charge is -2.06. The molecule has 0 heterocycles. The summed E-state index contributed by atoms with van der Waals surface area (Å²) in [4.78, 5) is 11.0. The maximum atomic E-state index is 11.0. The van der Waals surface area contributed by atoms with Crippen molar-refractivity contribution in [2.75, 3.05) is 0 Å². The van der Waals surface area contributed by atoms with Gasteiger partial charge in [-0.15, -0.1) is 0 Å². The first-order chi connectivity index (χ1) is 6.61. The summed E-state index contributed by atoms with van der Waals surface area (Å²) >= 11 is 0. The average Bonchev–Trinajstić information content (AvgIpc) is 2.17. The van der Waals surface area contributed by atoms with Gasteiger partial charge >= 0.3 is 0 Å². The molecule has 0 bridgehead atoms. The third-order valence-electron chi connectivity index (χ3n) is 2.36. The highest BCUT2D eigenvalue weighted by atomic mass is 16.1. The highest BCUT2D eigenvalue weighted by molar-refractivity contribution is 5.81. The standard InChI is InChI=1S/C13H16O/c1-10(9-11(2)14)12(3)13-7-5-4-6-8-13/h4-8H,9H2,1-3H3/b12-10+. The monoisotopic (exact) mass is 188 g/mol. The van der Waals surface area contributed by atoms with Crippen molar-refractivity contribution >= 4 is 11.4 Å². The van der Waals surface area contributed by atoms with E-state index in [9.17, 15) is 4.79 Å². The number of ketones is 1. The molecule has 0 aliphatic carbocycles. The van der Waals surface area contributed by atoms with Crippen molar-refractivity contribution in [1.82, 2.24) is 0 Å². The molecule has 0 amide bonds. The van der Waals surface area contributed by atoms with Crippen molar-refractivity contribution in [1.29, 1.82) is 0 Å². The second kappa shape index (κ2) is 4.75. The van der Waals surface area contributed by atoms with Crippen LogP contribution in [-0.2, 0) is 4.79 Å². The summed E-state index contributed by atoms with van der Waals surface area (Å²) in [7, 11) is 0. The molecule has 1 aromatic rings. The van der Waals surface area contributed by atoms with Gasteiger partial charge in [0.15, 0.2) is 0 Å². The minimum atomic E-state index is 0.220. The van der Waals surface area contributed by atoms with Crippen LogP contribution in [0.1, 0.15) is 32.8 Å². The first kappa shape index (κ1) is 10.7. The lowest BCUT2D eigenvalue weighted by Crippen LogP contribution is -1.93. The lowest BCUT2D eigenvalue weighted by atomic mass is 9.99. The quantitative estimate of drug-likeness (QED) is 0.710. The Morgan fingerprint density at radius 3 is 2.14 bits per heavy atom. The number of Topliss-reactive ketones (excluding diaryl/α,β-unsaturated/α-hetero) is 1. The molecule has 1 heteroatoms. The predicted molar refractivity (Wildman–Crippen MR) is 60.0 cm³/mol. The summed E-state index contributed by atoms with van der Waals surface area (Å²) in [5.41, 5.74) is 3.57. The molecule has 0 radical (unpaired) electrons. The number of hydrogen-bond donors (Lipinski definition) is 0. The van der Waals surface area contributed by atoms with Crippen LogP contribution < -0.4 is 0 Å². The van der Waals surface area contributed by atoms with E-state index in [0.717, 1.165) is 5.57 Å². The molecule has 0 saturated heterocycles. The van der Waals surface area contributed by atoms with E-state index < -0.39 is 0 Å². The largest absolute Gasteiger partial charge is 0.300 e. The van der Waals surface area contributed by atoms with E-state index >= 15 is 0 Å². The Morgan fingerprint density at radius 2 is 1.64 bits per heavy atom. The molecule has 0 aliphatic rings. The molecule has 0 atom stereocenters. The maximum Gasteiger partial charge on any atom is 0.133 e. The molecule has 1 nitrogen and oxygen atoms in total. The maximum absolute atomic E-state index is 11.0. The van der Waals surface area contributed by atoms with E-state index in [-0.39, 0.29) is 5.78 Å². The van der Waals surface area contributed by atoms with Crippen LogP contribution >= 0.6 is 0 Å². The van der Waals surface area contributed by atoms with Crippen molar-refractivity contribution in [2.45, 2.75) is 27.2 Å². The SMILES string of the molecule is CC(=O)C/C(C)=C(\C)c1ccccc1. The van der Waals surface area contributed by atoms with E-state index in [2.05, 4.69) is 19.1 Å². The number of allylic oxidation sites excluding steroid dienone is 2. The van der Waals surface area contributed by atoms with Gasteiger partial charge in [-0.05, 0) is 31.9 Å². The summed E-state index contributed by atoms with van der Waals surface area (Å²) in [5.74, 6) is 0.220. The van der Waals surface area contributed by atoms with Crippen LogP contribution in [-0.4, -0.2) is 5.78 Å². The molecule has 1 rings (SSSR count). The summed E-state index contributed by atoms with van der Waals surface area (Å²) in [6, 6.07) is 10.2. The Bertz CT molecular complexity index is 347. The molecule has 0 saturated carbocycles. The number of carbonyl (C=O) groups excluding carboxylic acids is 1. The van der Waals surface area contributed by atoms with Gasteiger partial charge in [-0.1, -0.05) is 35.9 Å². The topological polar surface area (TPSA) is 17.1 Å². The fourth-order valence-electron chi connectivity index (χ4n) is 1.44. The van der Waals surface area contributed by atoms with Gasteiger partial charge in [0.2, 0.25) is 0 Å². The van der Waals surface area contributed by atoms with Gasteiger partial charge in [-0.25, -0.2) is 0 Å². The zero-order chi connectivity index (χ0) is 10.6. The molecule has 0 fully saturated rings. The van der Waals surface area contributed by atoms with E-state index in [1.54, 1.807) is 6.92 Å². The van der Waals surface area contributed by atoms with Gasteiger partial charge in [0, 0.05) is 6.42 Å². The van der Waals surface area contributed by atoms with Gasteiger partial charge in [-0.3, -0.25) is 4.79 Å². The molecule has 1 aromatic carbocycles. The van der Waals surface area contributed by atoms with Crippen LogP contribution in [0.4, 0.5) is 0 Å². The fraction of sp³-hybridized carbons (Fsp3) is 0.308. The van der Waals surface area contributed by atoms with Gasteiger partial charge < -0.3 is 0 Å². The van der Waals surface area contributed by atoms with E-state index in [0.29, 0.717) is 6.42 Å². The Labute approximate surface area is 85.5 Å². The Kier molecular flexibility index (Phi) is 3.63. The smallest absolute Gasteiger partial charge is 0.133 e. The normalized spacial score (nSPS) is 12.2. The first-order valence-electron chi connectivity index (χ1n) is 4.82. The summed E-state index contributed by atoms with van der Waals surface area (Å²) in [6.45, 7) is 5.71. The number of hydrogen-bond acceptors (Lipinski definition) is 1. The minimum Gasteiger partial charge on any atom is -0.300 e. The summed E-state index contributed by atoms with van der Waals surface area (Å²) in [5, 5.41) is 0. The van der Waals surface area contributed by atoms with E-state index in [1.807, 2.05) is 25.1 Å². The Morgan fingerprint density at radius 1 is 1.07 bits per heavy atom. The number of carbonyl (C=O) groups is 1. The van der Waals surface area contributed by atoms with Crippen molar-refractivity contribution in [3.8, 4) is 0 Å². The summed E-state index contributed by atoms with van der Waals surface area (Å²) < 4.78 is 0. The molecule has 0 aliphatic heterocycles. The fourth-order valence-corrected chi connectivity index (χ4v) is 1.44. The van der Waals surface area contributed by atoms with Crippen molar-refractivity contribution in [2.24, 2.45) is 0 Å². The molecule has 0 unspecified atom stereocenters. The van der Waals surface area contributed by atoms with Crippen LogP contribution in [0.25, 0.3) is 5.57 Å². The lowest BCUT2D eigenvalue weighted by molar-refractivity contribution is -0.116. The Hall–Kier alpha value is -1.37. The van der Waals surface area contributed by atoms with Crippen molar-refractivity contribution in [3.05, 3.63) is 41.5 Å². The third kappa shape index (κ3) is 2.84. The molecule has 0 spiro atoms. The first-order valence-corrected chi connectivity index (χ1v) is 4.82. The Balaban J connectivity index is 2.93. The van der Waals surface area contributed by atoms with Crippen molar-refractivity contribution in [3.63, 3.8) is 0 Å². The van der Waals surface area contributed by atoms with Gasteiger partial charge in [-0.2, -0.15) is 0 Å². The number of rotatable bonds is 3. The minimum absolute atomic E-state index is 0.220. The number of benzene rings is 1. The molecular weight excluding hydrogens is 172 g/mol. The second-order valence-corrected chi connectivity index (χ2v) is 3.65.